The molecule has 0 saturated carbocycles. The van der Waals surface area contributed by atoms with Gasteiger partial charge in [0.1, 0.15) is 6.10 Å². The molecule has 0 bridgehead atoms. The smallest absolute Gasteiger partial charge is 0.247 e. The highest BCUT2D eigenvalue weighted by molar-refractivity contribution is 7.95. The zero-order chi connectivity index (χ0) is 13.3. The molecule has 1 unspecified atom stereocenters. The summed E-state index contributed by atoms with van der Waals surface area (Å²) in [5, 5.41) is 10.00. The van der Waals surface area contributed by atoms with Gasteiger partial charge in [-0.15, -0.1) is 0 Å². The van der Waals surface area contributed by atoms with Crippen molar-refractivity contribution in [2.24, 2.45) is 0 Å². The van der Waals surface area contributed by atoms with Gasteiger partial charge in [0.15, 0.2) is 9.84 Å². The van der Waals surface area contributed by atoms with Crippen molar-refractivity contribution in [1.29, 1.82) is 0 Å². The second kappa shape index (κ2) is 5.14. The van der Waals surface area contributed by atoms with E-state index < -0.39 is 19.6 Å². The average Bonchev–Trinajstić information content (AvgIpc) is 2.27. The summed E-state index contributed by atoms with van der Waals surface area (Å²) in [5.74, 6) is -0.233. The Morgan fingerprint density at radius 3 is 2.47 bits per heavy atom. The van der Waals surface area contributed by atoms with Crippen LogP contribution in [0.3, 0.4) is 0 Å². The van der Waals surface area contributed by atoms with Crippen molar-refractivity contribution in [1.82, 2.24) is 0 Å². The van der Waals surface area contributed by atoms with Crippen LogP contribution in [0, 0.1) is 6.92 Å². The van der Waals surface area contributed by atoms with Crippen LogP contribution in [0.1, 0.15) is 24.2 Å². The number of sulfone groups is 1. The van der Waals surface area contributed by atoms with E-state index in [0.29, 0.717) is 5.56 Å². The lowest BCUT2D eigenvalue weighted by molar-refractivity contribution is 0.181. The minimum atomic E-state index is -3.78. The van der Waals surface area contributed by atoms with E-state index in [9.17, 15) is 13.5 Å². The number of halogens is 2. The number of hydrogen-bond donors (Lipinski definition) is 1. The van der Waals surface area contributed by atoms with Gasteiger partial charge in [-0.05, 0) is 12.5 Å². The maximum absolute atomic E-state index is 11.7. The van der Waals surface area contributed by atoms with E-state index in [1.54, 1.807) is 18.2 Å². The Morgan fingerprint density at radius 1 is 1.41 bits per heavy atom. The van der Waals surface area contributed by atoms with Crippen LogP contribution in [0.4, 0.5) is 0 Å². The van der Waals surface area contributed by atoms with Crippen molar-refractivity contribution in [2.75, 3.05) is 5.75 Å². The highest BCUT2D eigenvalue weighted by atomic mass is 35.5. The molecule has 1 aromatic rings. The minimum absolute atomic E-state index is 0.233. The van der Waals surface area contributed by atoms with E-state index >= 15 is 0 Å². The molecule has 0 amide bonds. The summed E-state index contributed by atoms with van der Waals surface area (Å²) in [6.07, 6.45) is -1.48. The Balaban J connectivity index is 3.17. The number of aryl methyl sites for hydroxylation is 1. The molecule has 0 spiro atoms. The van der Waals surface area contributed by atoms with Crippen LogP contribution in [0.5, 0.6) is 0 Å². The summed E-state index contributed by atoms with van der Waals surface area (Å²) in [6.45, 7) is 3.26. The summed E-state index contributed by atoms with van der Waals surface area (Å²) in [7, 11) is -3.78. The van der Waals surface area contributed by atoms with Crippen LogP contribution in [0.15, 0.2) is 24.3 Å². The number of aliphatic hydroxyl groups excluding tert-OH is 1. The molecule has 0 fully saturated rings. The third-order valence-corrected chi connectivity index (χ3v) is 6.11. The van der Waals surface area contributed by atoms with Gasteiger partial charge >= 0.3 is 0 Å². The second-order valence-electron chi connectivity index (χ2n) is 3.78. The van der Waals surface area contributed by atoms with Gasteiger partial charge < -0.3 is 5.11 Å². The van der Waals surface area contributed by atoms with Crippen molar-refractivity contribution in [2.45, 2.75) is 23.6 Å². The predicted octanol–water partition coefficient (Wildman–Crippen LogP) is 2.59. The maximum Gasteiger partial charge on any atom is 0.247 e. The molecule has 0 aliphatic carbocycles. The van der Waals surface area contributed by atoms with Gasteiger partial charge in [-0.1, -0.05) is 60.0 Å². The molecule has 1 aromatic carbocycles. The highest BCUT2D eigenvalue weighted by Crippen LogP contribution is 2.41. The molecule has 17 heavy (non-hydrogen) atoms. The van der Waals surface area contributed by atoms with E-state index in [0.717, 1.165) is 5.56 Å². The third-order valence-electron chi connectivity index (χ3n) is 2.47. The Hall–Kier alpha value is -0.290. The SMILES string of the molecule is CCS(=O)(=O)C(Cl)(Cl)C(O)c1cccc(C)c1. The molecule has 96 valence electrons. The number of rotatable bonds is 4. The molecule has 0 aliphatic rings. The first-order valence-corrected chi connectivity index (χ1v) is 7.48. The van der Waals surface area contributed by atoms with Crippen LogP contribution in [-0.2, 0) is 9.84 Å². The number of benzene rings is 1. The third kappa shape index (κ3) is 2.94. The van der Waals surface area contributed by atoms with Crippen molar-refractivity contribution in [3.63, 3.8) is 0 Å². The molecule has 0 heterocycles. The zero-order valence-corrected chi connectivity index (χ0v) is 11.9. The van der Waals surface area contributed by atoms with Crippen LogP contribution >= 0.6 is 23.2 Å². The van der Waals surface area contributed by atoms with Crippen LogP contribution in [-0.4, -0.2) is 22.9 Å². The molecule has 0 aromatic heterocycles. The van der Waals surface area contributed by atoms with E-state index in [-0.39, 0.29) is 5.75 Å². The van der Waals surface area contributed by atoms with Crippen molar-refractivity contribution in [3.05, 3.63) is 35.4 Å². The molecule has 3 nitrogen and oxygen atoms in total. The number of alkyl halides is 2. The van der Waals surface area contributed by atoms with Crippen LogP contribution in [0.25, 0.3) is 0 Å². The van der Waals surface area contributed by atoms with Crippen LogP contribution < -0.4 is 0 Å². The Labute approximate surface area is 111 Å². The number of aliphatic hydroxyl groups is 1. The second-order valence-corrected chi connectivity index (χ2v) is 8.07. The number of hydrogen-bond acceptors (Lipinski definition) is 3. The zero-order valence-electron chi connectivity index (χ0n) is 9.52. The highest BCUT2D eigenvalue weighted by Gasteiger charge is 2.46. The van der Waals surface area contributed by atoms with Crippen molar-refractivity contribution in [3.8, 4) is 0 Å². The average molecular weight is 297 g/mol. The molecular formula is C11H14Cl2O3S. The first-order valence-electron chi connectivity index (χ1n) is 5.07. The summed E-state index contributed by atoms with van der Waals surface area (Å²) in [4.78, 5) is 0. The van der Waals surface area contributed by atoms with Gasteiger partial charge in [-0.25, -0.2) is 8.42 Å². The topological polar surface area (TPSA) is 54.4 Å². The van der Waals surface area contributed by atoms with Gasteiger partial charge in [-0.2, -0.15) is 0 Å². The van der Waals surface area contributed by atoms with Gasteiger partial charge in [0, 0.05) is 0 Å². The van der Waals surface area contributed by atoms with E-state index in [2.05, 4.69) is 0 Å². The molecular weight excluding hydrogens is 283 g/mol. The normalized spacial score (nSPS) is 14.6. The summed E-state index contributed by atoms with van der Waals surface area (Å²) < 4.78 is 21.2. The lowest BCUT2D eigenvalue weighted by atomic mass is 10.1. The first-order chi connectivity index (χ1) is 7.72. The molecule has 0 radical (unpaired) electrons. The molecule has 6 heteroatoms. The fourth-order valence-electron chi connectivity index (χ4n) is 1.40. The van der Waals surface area contributed by atoms with Gasteiger partial charge in [-0.3, -0.25) is 0 Å². The Morgan fingerprint density at radius 2 is 2.00 bits per heavy atom. The van der Waals surface area contributed by atoms with Crippen molar-refractivity contribution < 1.29 is 13.5 Å². The standard InChI is InChI=1S/C11H14Cl2O3S/c1-3-17(15,16)11(12,13)10(14)9-6-4-5-8(2)7-9/h4-7,10,14H,3H2,1-2H3. The fourth-order valence-corrected chi connectivity index (χ4v) is 3.16. The van der Waals surface area contributed by atoms with E-state index in [1.807, 2.05) is 13.0 Å². The van der Waals surface area contributed by atoms with Crippen LogP contribution in [0.2, 0.25) is 0 Å². The van der Waals surface area contributed by atoms with E-state index in [4.69, 9.17) is 23.2 Å². The van der Waals surface area contributed by atoms with Gasteiger partial charge in [0.05, 0.1) is 5.75 Å². The lowest BCUT2D eigenvalue weighted by Crippen LogP contribution is -2.34. The van der Waals surface area contributed by atoms with E-state index in [1.165, 1.54) is 6.92 Å². The molecule has 0 aliphatic heterocycles. The monoisotopic (exact) mass is 296 g/mol. The molecule has 0 saturated heterocycles. The largest absolute Gasteiger partial charge is 0.384 e. The summed E-state index contributed by atoms with van der Waals surface area (Å²) >= 11 is 11.6. The summed E-state index contributed by atoms with van der Waals surface area (Å²) in [6, 6.07) is 6.77. The van der Waals surface area contributed by atoms with Gasteiger partial charge in [0.25, 0.3) is 0 Å². The predicted molar refractivity (Wildman–Crippen MR) is 70.0 cm³/mol. The maximum atomic E-state index is 11.7. The Bertz CT molecular complexity index is 497. The first kappa shape index (κ1) is 14.8. The molecule has 1 atom stereocenters. The Kier molecular flexibility index (Phi) is 4.47. The molecule has 1 rings (SSSR count). The quantitative estimate of drug-likeness (QED) is 0.869. The summed E-state index contributed by atoms with van der Waals surface area (Å²) in [5.41, 5.74) is 1.27. The molecule has 1 N–H and O–H groups in total. The lowest BCUT2D eigenvalue weighted by Gasteiger charge is -2.25. The fraction of sp³-hybridized carbons (Fsp3) is 0.455. The van der Waals surface area contributed by atoms with Crippen molar-refractivity contribution >= 4 is 33.0 Å². The van der Waals surface area contributed by atoms with Gasteiger partial charge in [0.2, 0.25) is 3.67 Å². The minimum Gasteiger partial charge on any atom is -0.384 e.